The van der Waals surface area contributed by atoms with E-state index in [0.29, 0.717) is 11.8 Å². The third-order valence-electron chi connectivity index (χ3n) is 4.52. The largest absolute Gasteiger partial charge is 0.461 e. The van der Waals surface area contributed by atoms with Gasteiger partial charge in [-0.05, 0) is 55.8 Å². The molecule has 0 radical (unpaired) electrons. The zero-order valence-corrected chi connectivity index (χ0v) is 9.58. The van der Waals surface area contributed by atoms with Crippen molar-refractivity contribution in [2.24, 2.45) is 23.7 Å². The first-order chi connectivity index (χ1) is 7.26. The van der Waals surface area contributed by atoms with Crippen LogP contribution in [-0.4, -0.2) is 18.0 Å². The summed E-state index contributed by atoms with van der Waals surface area (Å²) in [5.74, 6) is 2.93. The van der Waals surface area contributed by atoms with Crippen LogP contribution in [0.4, 0.5) is 0 Å². The fourth-order valence-electron chi connectivity index (χ4n) is 4.25. The fraction of sp³-hybridized carbons (Fsp3) is 0.917. The highest BCUT2D eigenvalue weighted by Gasteiger charge is 2.49. The number of ether oxygens (including phenoxy) is 1. The number of hydrogen-bond donors (Lipinski definition) is 0. The molecule has 4 rings (SSSR count). The molecule has 0 atom stereocenters. The van der Waals surface area contributed by atoms with Crippen LogP contribution < -0.4 is 0 Å². The van der Waals surface area contributed by atoms with E-state index >= 15 is 0 Å². The van der Waals surface area contributed by atoms with Crippen LogP contribution in [0.15, 0.2) is 0 Å². The molecule has 4 fully saturated rings. The molecule has 0 aromatic heterocycles. The highest BCUT2D eigenvalue weighted by molar-refractivity contribution is 6.26. The van der Waals surface area contributed by atoms with Crippen molar-refractivity contribution in [1.29, 1.82) is 0 Å². The summed E-state index contributed by atoms with van der Waals surface area (Å²) in [6.07, 6.45) is 6.77. The molecule has 0 aromatic carbocycles. The predicted molar refractivity (Wildman–Crippen MR) is 57.6 cm³/mol. The smallest absolute Gasteiger partial charge is 0.321 e. The Kier molecular flexibility index (Phi) is 2.42. The summed E-state index contributed by atoms with van der Waals surface area (Å²) in [7, 11) is 0. The number of alkyl halides is 1. The van der Waals surface area contributed by atoms with Crippen LogP contribution in [-0.2, 0) is 9.53 Å². The van der Waals surface area contributed by atoms with Gasteiger partial charge in [0.25, 0.3) is 0 Å². The molecule has 2 nitrogen and oxygen atoms in total. The van der Waals surface area contributed by atoms with Crippen LogP contribution in [0.5, 0.6) is 0 Å². The number of hydrogen-bond acceptors (Lipinski definition) is 2. The molecule has 4 saturated carbocycles. The van der Waals surface area contributed by atoms with E-state index in [1.165, 1.54) is 32.1 Å². The Hall–Kier alpha value is -0.240. The third kappa shape index (κ3) is 1.67. The van der Waals surface area contributed by atoms with Gasteiger partial charge in [-0.3, -0.25) is 4.79 Å². The number of carbonyl (C=O) groups excluding carboxylic acids is 1. The SMILES string of the molecule is O=C(CCl)OC1C2CC3CC(C2)CC1C3. The van der Waals surface area contributed by atoms with E-state index in [9.17, 15) is 4.79 Å². The second kappa shape index (κ2) is 3.65. The molecular formula is C12H17ClO2. The minimum absolute atomic E-state index is 0.00277. The second-order valence-corrected chi connectivity index (χ2v) is 5.79. The lowest BCUT2D eigenvalue weighted by atomic mass is 9.55. The van der Waals surface area contributed by atoms with E-state index < -0.39 is 0 Å². The Morgan fingerprint density at radius 1 is 1.07 bits per heavy atom. The van der Waals surface area contributed by atoms with Gasteiger partial charge in [-0.1, -0.05) is 0 Å². The molecule has 0 N–H and O–H groups in total. The number of carbonyl (C=O) groups is 1. The van der Waals surface area contributed by atoms with Crippen molar-refractivity contribution < 1.29 is 9.53 Å². The molecule has 3 heteroatoms. The quantitative estimate of drug-likeness (QED) is 0.537. The molecule has 0 heterocycles. The van der Waals surface area contributed by atoms with E-state index in [-0.39, 0.29) is 18.0 Å². The second-order valence-electron chi connectivity index (χ2n) is 5.52. The van der Waals surface area contributed by atoms with Crippen molar-refractivity contribution in [3.05, 3.63) is 0 Å². The zero-order chi connectivity index (χ0) is 10.4. The highest BCUT2D eigenvalue weighted by Crippen LogP contribution is 2.54. The number of esters is 1. The summed E-state index contributed by atoms with van der Waals surface area (Å²) in [4.78, 5) is 11.2. The molecule has 0 aromatic rings. The maximum atomic E-state index is 11.2. The zero-order valence-electron chi connectivity index (χ0n) is 8.82. The predicted octanol–water partition coefficient (Wildman–Crippen LogP) is 2.59. The molecule has 0 amide bonds. The Balaban J connectivity index is 1.72. The van der Waals surface area contributed by atoms with Crippen molar-refractivity contribution in [1.82, 2.24) is 0 Å². The summed E-state index contributed by atoms with van der Waals surface area (Å²) in [6, 6.07) is 0. The van der Waals surface area contributed by atoms with Gasteiger partial charge in [-0.2, -0.15) is 0 Å². The summed E-state index contributed by atoms with van der Waals surface area (Å²) in [5.41, 5.74) is 0. The lowest BCUT2D eigenvalue weighted by Gasteiger charge is -2.53. The van der Waals surface area contributed by atoms with Crippen molar-refractivity contribution >= 4 is 17.6 Å². The molecule has 84 valence electrons. The molecule has 0 unspecified atom stereocenters. The van der Waals surface area contributed by atoms with Crippen LogP contribution in [0.25, 0.3) is 0 Å². The van der Waals surface area contributed by atoms with Gasteiger partial charge >= 0.3 is 5.97 Å². The van der Waals surface area contributed by atoms with Crippen LogP contribution >= 0.6 is 11.6 Å². The van der Waals surface area contributed by atoms with E-state index in [1.54, 1.807) is 0 Å². The fourth-order valence-corrected chi connectivity index (χ4v) is 4.31. The van der Waals surface area contributed by atoms with Gasteiger partial charge in [-0.15, -0.1) is 11.6 Å². The lowest BCUT2D eigenvalue weighted by Crippen LogP contribution is -2.50. The Labute approximate surface area is 95.3 Å². The summed E-state index contributed by atoms with van der Waals surface area (Å²) in [6.45, 7) is 0. The minimum Gasteiger partial charge on any atom is -0.461 e. The first-order valence-electron chi connectivity index (χ1n) is 6.01. The van der Waals surface area contributed by atoms with Gasteiger partial charge in [-0.25, -0.2) is 0 Å². The normalized spacial score (nSPS) is 46.9. The molecular weight excluding hydrogens is 212 g/mol. The van der Waals surface area contributed by atoms with Crippen molar-refractivity contribution in [2.45, 2.75) is 38.2 Å². The van der Waals surface area contributed by atoms with Crippen molar-refractivity contribution in [2.75, 3.05) is 5.88 Å². The van der Waals surface area contributed by atoms with Crippen LogP contribution in [0.1, 0.15) is 32.1 Å². The van der Waals surface area contributed by atoms with Gasteiger partial charge in [0.2, 0.25) is 0 Å². The first-order valence-corrected chi connectivity index (χ1v) is 6.55. The van der Waals surface area contributed by atoms with E-state index in [4.69, 9.17) is 16.3 Å². The highest BCUT2D eigenvalue weighted by atomic mass is 35.5. The van der Waals surface area contributed by atoms with Crippen molar-refractivity contribution in [3.63, 3.8) is 0 Å². The number of halogens is 1. The molecule has 4 aliphatic carbocycles. The van der Waals surface area contributed by atoms with Gasteiger partial charge < -0.3 is 4.74 Å². The first kappa shape index (κ1) is 9.95. The molecule has 4 bridgehead atoms. The molecule has 0 spiro atoms. The summed E-state index contributed by atoms with van der Waals surface area (Å²) >= 11 is 5.49. The van der Waals surface area contributed by atoms with E-state index in [2.05, 4.69) is 0 Å². The summed E-state index contributed by atoms with van der Waals surface area (Å²) < 4.78 is 5.51. The van der Waals surface area contributed by atoms with E-state index in [0.717, 1.165) is 11.8 Å². The topological polar surface area (TPSA) is 26.3 Å². The van der Waals surface area contributed by atoms with Gasteiger partial charge in [0, 0.05) is 0 Å². The van der Waals surface area contributed by atoms with Gasteiger partial charge in [0.1, 0.15) is 12.0 Å². The molecule has 0 aliphatic heterocycles. The Bertz CT molecular complexity index is 249. The van der Waals surface area contributed by atoms with Crippen LogP contribution in [0.2, 0.25) is 0 Å². The molecule has 15 heavy (non-hydrogen) atoms. The van der Waals surface area contributed by atoms with Gasteiger partial charge in [0.05, 0.1) is 0 Å². The summed E-state index contributed by atoms with van der Waals surface area (Å²) in [5, 5.41) is 0. The lowest BCUT2D eigenvalue weighted by molar-refractivity contribution is -0.167. The maximum absolute atomic E-state index is 11.2. The third-order valence-corrected chi connectivity index (χ3v) is 4.74. The maximum Gasteiger partial charge on any atom is 0.321 e. The average Bonchev–Trinajstić information content (AvgIpc) is 2.22. The van der Waals surface area contributed by atoms with Crippen LogP contribution in [0.3, 0.4) is 0 Å². The average molecular weight is 229 g/mol. The molecule has 4 aliphatic rings. The van der Waals surface area contributed by atoms with E-state index in [1.807, 2.05) is 0 Å². The standard InChI is InChI=1S/C12H17ClO2/c13-6-11(14)15-12-9-2-7-1-8(4-9)5-10(12)3-7/h7-10,12H,1-6H2. The van der Waals surface area contributed by atoms with Crippen LogP contribution in [0, 0.1) is 23.7 Å². The Morgan fingerprint density at radius 2 is 1.60 bits per heavy atom. The molecule has 0 saturated heterocycles. The Morgan fingerprint density at radius 3 is 2.07 bits per heavy atom. The van der Waals surface area contributed by atoms with Gasteiger partial charge in [0.15, 0.2) is 0 Å². The monoisotopic (exact) mass is 228 g/mol. The number of rotatable bonds is 2. The van der Waals surface area contributed by atoms with Crippen molar-refractivity contribution in [3.8, 4) is 0 Å². The minimum atomic E-state index is -0.228.